The zero-order valence-corrected chi connectivity index (χ0v) is 14.4. The molecule has 0 radical (unpaired) electrons. The van der Waals surface area contributed by atoms with E-state index in [0.29, 0.717) is 6.04 Å². The molecular weight excluding hydrogens is 288 g/mol. The molecule has 0 aliphatic carbocycles. The SMILES string of the molecule is CC(=O)NNC(=NC1CCN(Cc2ccccc2)CC1)C(C)C. The first-order valence-corrected chi connectivity index (χ1v) is 8.41. The molecular formula is C18H28N4O. The molecule has 126 valence electrons. The van der Waals surface area contributed by atoms with Crippen molar-refractivity contribution in [1.82, 2.24) is 15.8 Å². The van der Waals surface area contributed by atoms with Crippen LogP contribution >= 0.6 is 0 Å². The van der Waals surface area contributed by atoms with E-state index < -0.39 is 0 Å². The lowest BCUT2D eigenvalue weighted by Crippen LogP contribution is -2.44. The van der Waals surface area contributed by atoms with Crippen molar-refractivity contribution in [3.63, 3.8) is 0 Å². The summed E-state index contributed by atoms with van der Waals surface area (Å²) < 4.78 is 0. The highest BCUT2D eigenvalue weighted by atomic mass is 16.2. The van der Waals surface area contributed by atoms with Gasteiger partial charge in [0, 0.05) is 32.5 Å². The predicted molar refractivity (Wildman–Crippen MR) is 94.0 cm³/mol. The van der Waals surface area contributed by atoms with Crippen LogP contribution in [-0.4, -0.2) is 35.8 Å². The first-order chi connectivity index (χ1) is 11.0. The minimum atomic E-state index is -0.101. The van der Waals surface area contributed by atoms with Gasteiger partial charge in [-0.1, -0.05) is 44.2 Å². The number of amidine groups is 1. The van der Waals surface area contributed by atoms with Crippen molar-refractivity contribution in [1.29, 1.82) is 0 Å². The molecule has 1 aliphatic heterocycles. The number of rotatable bonds is 4. The van der Waals surface area contributed by atoms with Gasteiger partial charge in [0.05, 0.1) is 6.04 Å². The lowest BCUT2D eigenvalue weighted by molar-refractivity contribution is -0.119. The summed E-state index contributed by atoms with van der Waals surface area (Å²) in [5.41, 5.74) is 6.95. The van der Waals surface area contributed by atoms with Crippen molar-refractivity contribution in [2.45, 2.75) is 46.2 Å². The number of benzene rings is 1. The number of hydrazine groups is 1. The van der Waals surface area contributed by atoms with Crippen LogP contribution in [0.25, 0.3) is 0 Å². The van der Waals surface area contributed by atoms with Crippen molar-refractivity contribution in [2.75, 3.05) is 13.1 Å². The van der Waals surface area contributed by atoms with Crippen LogP contribution in [0.3, 0.4) is 0 Å². The van der Waals surface area contributed by atoms with Crippen molar-refractivity contribution < 1.29 is 4.79 Å². The van der Waals surface area contributed by atoms with Crippen molar-refractivity contribution in [3.05, 3.63) is 35.9 Å². The van der Waals surface area contributed by atoms with Crippen LogP contribution in [0.15, 0.2) is 35.3 Å². The Labute approximate surface area is 139 Å². The van der Waals surface area contributed by atoms with Crippen LogP contribution in [0.4, 0.5) is 0 Å². The number of nitrogens with zero attached hydrogens (tertiary/aromatic N) is 2. The van der Waals surface area contributed by atoms with E-state index >= 15 is 0 Å². The predicted octanol–water partition coefficient (Wildman–Crippen LogP) is 2.35. The fraction of sp³-hybridized carbons (Fsp3) is 0.556. The fourth-order valence-electron chi connectivity index (χ4n) is 2.72. The van der Waals surface area contributed by atoms with Crippen LogP contribution < -0.4 is 10.9 Å². The van der Waals surface area contributed by atoms with Gasteiger partial charge < -0.3 is 0 Å². The second-order valence-electron chi connectivity index (χ2n) is 6.47. The molecule has 1 aliphatic rings. The first-order valence-electron chi connectivity index (χ1n) is 8.41. The van der Waals surface area contributed by atoms with Crippen LogP contribution in [0.1, 0.15) is 39.2 Å². The Morgan fingerprint density at radius 1 is 1.22 bits per heavy atom. The van der Waals surface area contributed by atoms with E-state index in [1.165, 1.54) is 12.5 Å². The summed E-state index contributed by atoms with van der Waals surface area (Å²) in [6, 6.07) is 10.9. The molecule has 0 aromatic heterocycles. The number of carbonyl (C=O) groups is 1. The number of piperidine rings is 1. The topological polar surface area (TPSA) is 56.7 Å². The maximum absolute atomic E-state index is 11.0. The van der Waals surface area contributed by atoms with Gasteiger partial charge in [-0.15, -0.1) is 0 Å². The number of likely N-dealkylation sites (tertiary alicyclic amines) is 1. The molecule has 5 heteroatoms. The van der Waals surface area contributed by atoms with E-state index in [2.05, 4.69) is 59.9 Å². The molecule has 2 N–H and O–H groups in total. The van der Waals surface area contributed by atoms with Gasteiger partial charge in [0.15, 0.2) is 0 Å². The highest BCUT2D eigenvalue weighted by Gasteiger charge is 2.20. The minimum absolute atomic E-state index is 0.101. The molecule has 1 fully saturated rings. The largest absolute Gasteiger partial charge is 0.299 e. The zero-order chi connectivity index (χ0) is 16.7. The molecule has 5 nitrogen and oxygen atoms in total. The maximum Gasteiger partial charge on any atom is 0.235 e. The minimum Gasteiger partial charge on any atom is -0.299 e. The Morgan fingerprint density at radius 2 is 1.87 bits per heavy atom. The Hall–Kier alpha value is -1.88. The Balaban J connectivity index is 1.84. The fourth-order valence-corrected chi connectivity index (χ4v) is 2.72. The molecule has 0 spiro atoms. The summed E-state index contributed by atoms with van der Waals surface area (Å²) in [5.74, 6) is 1.03. The van der Waals surface area contributed by atoms with Gasteiger partial charge >= 0.3 is 0 Å². The highest BCUT2D eigenvalue weighted by molar-refractivity contribution is 5.86. The Kier molecular flexibility index (Phi) is 6.59. The third-order valence-electron chi connectivity index (χ3n) is 4.04. The van der Waals surface area contributed by atoms with Gasteiger partial charge in [-0.25, -0.2) is 0 Å². The van der Waals surface area contributed by atoms with Crippen molar-refractivity contribution in [3.8, 4) is 0 Å². The van der Waals surface area contributed by atoms with Crippen LogP contribution in [0, 0.1) is 5.92 Å². The summed E-state index contributed by atoms with van der Waals surface area (Å²) in [6.45, 7) is 8.80. The smallest absolute Gasteiger partial charge is 0.235 e. The van der Waals surface area contributed by atoms with Gasteiger partial charge in [0.2, 0.25) is 5.91 Å². The van der Waals surface area contributed by atoms with Crippen LogP contribution in [0.5, 0.6) is 0 Å². The second kappa shape index (κ2) is 8.67. The summed E-state index contributed by atoms with van der Waals surface area (Å²) in [4.78, 5) is 18.3. The van der Waals surface area contributed by atoms with E-state index in [1.807, 2.05) is 0 Å². The van der Waals surface area contributed by atoms with Gasteiger partial charge in [-0.2, -0.15) is 0 Å². The third-order valence-corrected chi connectivity index (χ3v) is 4.04. The van der Waals surface area contributed by atoms with E-state index in [1.54, 1.807) is 0 Å². The number of hydrogen-bond donors (Lipinski definition) is 2. The lowest BCUT2D eigenvalue weighted by atomic mass is 10.0. The van der Waals surface area contributed by atoms with E-state index in [4.69, 9.17) is 4.99 Å². The average Bonchev–Trinajstić information content (AvgIpc) is 2.53. The third kappa shape index (κ3) is 6.02. The number of nitrogens with one attached hydrogen (secondary N) is 2. The summed E-state index contributed by atoms with van der Waals surface area (Å²) in [6.07, 6.45) is 2.12. The number of carbonyl (C=O) groups excluding carboxylic acids is 1. The molecule has 0 bridgehead atoms. The zero-order valence-electron chi connectivity index (χ0n) is 14.4. The van der Waals surface area contributed by atoms with Gasteiger partial charge in [-0.05, 0) is 18.4 Å². The summed E-state index contributed by atoms with van der Waals surface area (Å²) in [7, 11) is 0. The van der Waals surface area contributed by atoms with Crippen LogP contribution in [-0.2, 0) is 11.3 Å². The number of amides is 1. The Bertz CT molecular complexity index is 519. The molecule has 0 saturated carbocycles. The van der Waals surface area contributed by atoms with Crippen molar-refractivity contribution in [2.24, 2.45) is 10.9 Å². The van der Waals surface area contributed by atoms with Gasteiger partial charge in [-0.3, -0.25) is 25.5 Å². The van der Waals surface area contributed by atoms with Gasteiger partial charge in [0.1, 0.15) is 5.84 Å². The number of aliphatic imine (C=N–C) groups is 1. The summed E-state index contributed by atoms with van der Waals surface area (Å²) in [5, 5.41) is 0. The lowest BCUT2D eigenvalue weighted by Gasteiger charge is -2.31. The molecule has 23 heavy (non-hydrogen) atoms. The molecule has 1 aromatic carbocycles. The molecule has 1 heterocycles. The second-order valence-corrected chi connectivity index (χ2v) is 6.47. The number of hydrogen-bond acceptors (Lipinski definition) is 3. The standard InChI is InChI=1S/C18H28N4O/c1-14(2)18(21-20-15(3)23)19-17-9-11-22(12-10-17)13-16-7-5-4-6-8-16/h4-8,14,17H,9-13H2,1-3H3,(H,19,21)(H,20,23). The summed E-state index contributed by atoms with van der Waals surface area (Å²) >= 11 is 0. The van der Waals surface area contributed by atoms with Gasteiger partial charge in [0.25, 0.3) is 0 Å². The monoisotopic (exact) mass is 316 g/mol. The molecule has 1 aromatic rings. The molecule has 1 saturated heterocycles. The maximum atomic E-state index is 11.0. The Morgan fingerprint density at radius 3 is 2.43 bits per heavy atom. The van der Waals surface area contributed by atoms with E-state index in [0.717, 1.165) is 38.3 Å². The molecule has 0 unspecified atom stereocenters. The molecule has 1 amide bonds. The van der Waals surface area contributed by atoms with Crippen molar-refractivity contribution >= 4 is 11.7 Å². The van der Waals surface area contributed by atoms with E-state index in [9.17, 15) is 4.79 Å². The average molecular weight is 316 g/mol. The van der Waals surface area contributed by atoms with E-state index in [-0.39, 0.29) is 11.8 Å². The quantitative estimate of drug-likeness (QED) is 0.509. The normalized spacial score (nSPS) is 17.3. The molecule has 2 rings (SSSR count). The first kappa shape index (κ1) is 17.5. The van der Waals surface area contributed by atoms with Crippen LogP contribution in [0.2, 0.25) is 0 Å². The highest BCUT2D eigenvalue weighted by Crippen LogP contribution is 2.17. The molecule has 0 atom stereocenters.